The third-order valence-corrected chi connectivity index (χ3v) is 3.59. The fraction of sp³-hybridized carbons (Fsp3) is 0.211. The summed E-state index contributed by atoms with van der Waals surface area (Å²) in [4.78, 5) is 29.1. The van der Waals surface area contributed by atoms with E-state index in [4.69, 9.17) is 4.74 Å². The Labute approximate surface area is 151 Å². The van der Waals surface area contributed by atoms with E-state index in [1.54, 1.807) is 48.9 Å². The lowest BCUT2D eigenvalue weighted by Crippen LogP contribution is -2.17. The summed E-state index contributed by atoms with van der Waals surface area (Å²) in [6.45, 7) is 5.80. The van der Waals surface area contributed by atoms with Gasteiger partial charge in [-0.2, -0.15) is 0 Å². The van der Waals surface area contributed by atoms with Gasteiger partial charge in [0.25, 0.3) is 5.91 Å². The van der Waals surface area contributed by atoms with Crippen LogP contribution in [-0.2, 0) is 0 Å². The van der Waals surface area contributed by atoms with Gasteiger partial charge >= 0.3 is 6.01 Å². The smallest absolute Gasteiger partial charge is 0.321 e. The van der Waals surface area contributed by atoms with E-state index in [0.717, 1.165) is 5.69 Å². The van der Waals surface area contributed by atoms with Crippen molar-refractivity contribution in [3.8, 4) is 11.8 Å². The first-order chi connectivity index (χ1) is 12.5. The van der Waals surface area contributed by atoms with Crippen LogP contribution in [0, 0.1) is 6.92 Å². The summed E-state index contributed by atoms with van der Waals surface area (Å²) in [6, 6.07) is 8.96. The first-order valence-electron chi connectivity index (χ1n) is 8.23. The first kappa shape index (κ1) is 17.5. The molecule has 2 heterocycles. The molecule has 0 fully saturated rings. The number of aryl methyl sites for hydroxylation is 1. The molecule has 0 saturated carbocycles. The summed E-state index contributed by atoms with van der Waals surface area (Å²) in [5.41, 5.74) is 1.85. The van der Waals surface area contributed by atoms with Crippen LogP contribution in [0.2, 0.25) is 0 Å². The molecule has 1 amide bonds. The van der Waals surface area contributed by atoms with E-state index in [9.17, 15) is 4.79 Å². The average molecular weight is 349 g/mol. The van der Waals surface area contributed by atoms with E-state index >= 15 is 0 Å². The third-order valence-electron chi connectivity index (χ3n) is 3.59. The van der Waals surface area contributed by atoms with Crippen molar-refractivity contribution in [2.24, 2.45) is 0 Å². The van der Waals surface area contributed by atoms with Crippen LogP contribution in [-0.4, -0.2) is 25.8 Å². The quantitative estimate of drug-likeness (QED) is 0.754. The van der Waals surface area contributed by atoms with Crippen molar-refractivity contribution in [2.75, 3.05) is 5.32 Å². The third kappa shape index (κ3) is 4.18. The number of carbonyl (C=O) groups excluding carboxylic acids is 1. The van der Waals surface area contributed by atoms with E-state index in [1.165, 1.54) is 0 Å². The van der Waals surface area contributed by atoms with E-state index < -0.39 is 0 Å². The van der Waals surface area contributed by atoms with Gasteiger partial charge in [-0.15, -0.1) is 0 Å². The average Bonchev–Trinajstić information content (AvgIpc) is 2.64. The molecule has 7 heteroatoms. The second-order valence-corrected chi connectivity index (χ2v) is 5.98. The Morgan fingerprint density at radius 1 is 1.08 bits per heavy atom. The van der Waals surface area contributed by atoms with Gasteiger partial charge in [0.05, 0.1) is 11.3 Å². The van der Waals surface area contributed by atoms with Gasteiger partial charge in [-0.3, -0.25) is 4.79 Å². The van der Waals surface area contributed by atoms with E-state index in [1.807, 2.05) is 20.8 Å². The molecular weight excluding hydrogens is 330 g/mol. The SMILES string of the molecule is Cc1ncc(C(=O)Nc2ccc(Oc3ncccn3)cc2)c(C(C)C)n1. The Balaban J connectivity index is 1.72. The molecule has 0 aliphatic carbocycles. The number of anilines is 1. The zero-order valence-corrected chi connectivity index (χ0v) is 14.8. The Bertz CT molecular complexity index is 896. The van der Waals surface area contributed by atoms with Crippen LogP contribution in [0.15, 0.2) is 48.9 Å². The molecule has 0 radical (unpaired) electrons. The van der Waals surface area contributed by atoms with E-state index in [-0.39, 0.29) is 17.8 Å². The molecule has 26 heavy (non-hydrogen) atoms. The Morgan fingerprint density at radius 2 is 1.77 bits per heavy atom. The van der Waals surface area contributed by atoms with Crippen LogP contribution in [0.3, 0.4) is 0 Å². The van der Waals surface area contributed by atoms with Crippen molar-refractivity contribution in [1.82, 2.24) is 19.9 Å². The molecule has 0 spiro atoms. The highest BCUT2D eigenvalue weighted by molar-refractivity contribution is 6.04. The van der Waals surface area contributed by atoms with Gasteiger partial charge in [0.2, 0.25) is 0 Å². The number of amides is 1. The summed E-state index contributed by atoms with van der Waals surface area (Å²) in [5.74, 6) is 1.11. The molecule has 0 aliphatic heterocycles. The molecule has 3 aromatic rings. The van der Waals surface area contributed by atoms with Gasteiger partial charge < -0.3 is 10.1 Å². The molecule has 1 aromatic carbocycles. The predicted octanol–water partition coefficient (Wildman–Crippen LogP) is 3.74. The summed E-state index contributed by atoms with van der Waals surface area (Å²) in [6.07, 6.45) is 4.77. The second-order valence-electron chi connectivity index (χ2n) is 5.98. The zero-order chi connectivity index (χ0) is 18.5. The number of ether oxygens (including phenoxy) is 1. The Kier molecular flexibility index (Phi) is 5.17. The van der Waals surface area contributed by atoms with Crippen LogP contribution < -0.4 is 10.1 Å². The van der Waals surface area contributed by atoms with Gasteiger partial charge in [0.1, 0.15) is 11.6 Å². The zero-order valence-electron chi connectivity index (χ0n) is 14.8. The second kappa shape index (κ2) is 7.69. The lowest BCUT2D eigenvalue weighted by atomic mass is 10.0. The lowest BCUT2D eigenvalue weighted by molar-refractivity contribution is 0.102. The van der Waals surface area contributed by atoms with Crippen molar-refractivity contribution in [1.29, 1.82) is 0 Å². The molecule has 2 aromatic heterocycles. The summed E-state index contributed by atoms with van der Waals surface area (Å²) in [5, 5.41) is 2.86. The molecule has 0 atom stereocenters. The molecule has 7 nitrogen and oxygen atoms in total. The number of nitrogens with zero attached hydrogens (tertiary/aromatic N) is 4. The maximum Gasteiger partial charge on any atom is 0.321 e. The van der Waals surface area contributed by atoms with Gasteiger partial charge in [-0.1, -0.05) is 13.8 Å². The lowest BCUT2D eigenvalue weighted by Gasteiger charge is -2.12. The summed E-state index contributed by atoms with van der Waals surface area (Å²) in [7, 11) is 0. The number of rotatable bonds is 5. The van der Waals surface area contributed by atoms with Crippen LogP contribution >= 0.6 is 0 Å². The van der Waals surface area contributed by atoms with Crippen LogP contribution in [0.5, 0.6) is 11.8 Å². The van der Waals surface area contributed by atoms with Crippen molar-refractivity contribution in [3.63, 3.8) is 0 Å². The largest absolute Gasteiger partial charge is 0.424 e. The number of aromatic nitrogens is 4. The topological polar surface area (TPSA) is 89.9 Å². The Morgan fingerprint density at radius 3 is 2.42 bits per heavy atom. The van der Waals surface area contributed by atoms with Crippen molar-refractivity contribution in [2.45, 2.75) is 26.7 Å². The highest BCUT2D eigenvalue weighted by Gasteiger charge is 2.16. The molecule has 0 bridgehead atoms. The molecule has 0 unspecified atom stereocenters. The summed E-state index contributed by atoms with van der Waals surface area (Å²) >= 11 is 0. The number of hydrogen-bond donors (Lipinski definition) is 1. The molecule has 0 aliphatic rings. The van der Waals surface area contributed by atoms with E-state index in [2.05, 4.69) is 25.3 Å². The minimum absolute atomic E-state index is 0.124. The van der Waals surface area contributed by atoms with E-state index in [0.29, 0.717) is 22.8 Å². The van der Waals surface area contributed by atoms with Gasteiger partial charge in [-0.25, -0.2) is 19.9 Å². The highest BCUT2D eigenvalue weighted by atomic mass is 16.5. The standard InChI is InChI=1S/C19H19N5O2/c1-12(2)17-16(11-22-13(3)23-17)18(25)24-14-5-7-15(8-6-14)26-19-20-9-4-10-21-19/h4-12H,1-3H3,(H,24,25). The maximum atomic E-state index is 12.6. The van der Waals surface area contributed by atoms with Crippen molar-refractivity contribution in [3.05, 3.63) is 66.0 Å². The molecule has 3 rings (SSSR count). The van der Waals surface area contributed by atoms with Crippen LogP contribution in [0.4, 0.5) is 5.69 Å². The monoisotopic (exact) mass is 349 g/mol. The van der Waals surface area contributed by atoms with Crippen molar-refractivity contribution < 1.29 is 9.53 Å². The number of carbonyl (C=O) groups is 1. The van der Waals surface area contributed by atoms with Gasteiger partial charge in [0.15, 0.2) is 0 Å². The number of hydrogen-bond acceptors (Lipinski definition) is 6. The minimum atomic E-state index is -0.242. The van der Waals surface area contributed by atoms with Gasteiger partial charge in [-0.05, 0) is 43.2 Å². The fourth-order valence-corrected chi connectivity index (χ4v) is 2.35. The highest BCUT2D eigenvalue weighted by Crippen LogP contribution is 2.22. The number of nitrogens with one attached hydrogen (secondary N) is 1. The normalized spacial score (nSPS) is 10.6. The predicted molar refractivity (Wildman–Crippen MR) is 97.4 cm³/mol. The minimum Gasteiger partial charge on any atom is -0.424 e. The Hall–Kier alpha value is -3.35. The molecule has 132 valence electrons. The first-order valence-corrected chi connectivity index (χ1v) is 8.23. The molecule has 0 saturated heterocycles. The number of benzene rings is 1. The van der Waals surface area contributed by atoms with Crippen LogP contribution in [0.1, 0.15) is 41.6 Å². The molecular formula is C19H19N5O2. The van der Waals surface area contributed by atoms with Gasteiger partial charge in [0, 0.05) is 24.3 Å². The summed E-state index contributed by atoms with van der Waals surface area (Å²) < 4.78 is 5.53. The van der Waals surface area contributed by atoms with Crippen molar-refractivity contribution >= 4 is 11.6 Å². The van der Waals surface area contributed by atoms with Crippen LogP contribution in [0.25, 0.3) is 0 Å². The maximum absolute atomic E-state index is 12.6. The molecule has 1 N–H and O–H groups in total. The fourth-order valence-electron chi connectivity index (χ4n) is 2.35.